The van der Waals surface area contributed by atoms with Gasteiger partial charge in [0, 0.05) is 23.9 Å². The van der Waals surface area contributed by atoms with Crippen LogP contribution in [0.25, 0.3) is 0 Å². The van der Waals surface area contributed by atoms with Crippen molar-refractivity contribution >= 4 is 11.6 Å². The Balaban J connectivity index is 1.84. The minimum Gasteiger partial charge on any atom is -0.250 e. The van der Waals surface area contributed by atoms with E-state index in [0.29, 0.717) is 5.92 Å². The van der Waals surface area contributed by atoms with Crippen molar-refractivity contribution in [3.8, 4) is 0 Å². The van der Waals surface area contributed by atoms with Gasteiger partial charge in [-0.2, -0.15) is 5.10 Å². The Labute approximate surface area is 112 Å². The molecule has 0 N–H and O–H groups in total. The van der Waals surface area contributed by atoms with Crippen molar-refractivity contribution in [1.82, 2.24) is 14.8 Å². The number of benzene rings is 1. The zero-order valence-corrected chi connectivity index (χ0v) is 11.2. The summed E-state index contributed by atoms with van der Waals surface area (Å²) < 4.78 is 2.04. The minimum absolute atomic E-state index is 0.644. The van der Waals surface area contributed by atoms with E-state index < -0.39 is 0 Å². The van der Waals surface area contributed by atoms with Crippen LogP contribution in [0.5, 0.6) is 0 Å². The van der Waals surface area contributed by atoms with Gasteiger partial charge in [-0.05, 0) is 37.5 Å². The van der Waals surface area contributed by atoms with E-state index in [1.165, 1.54) is 12.8 Å². The highest BCUT2D eigenvalue weighted by Crippen LogP contribution is 2.39. The molecule has 0 amide bonds. The number of hydrogen-bond donors (Lipinski definition) is 0. The average molecular weight is 262 g/mol. The van der Waals surface area contributed by atoms with Gasteiger partial charge in [-0.1, -0.05) is 23.7 Å². The van der Waals surface area contributed by atoms with Crippen molar-refractivity contribution in [2.45, 2.75) is 38.6 Å². The van der Waals surface area contributed by atoms with Crippen LogP contribution in [-0.2, 0) is 13.0 Å². The zero-order valence-electron chi connectivity index (χ0n) is 10.4. The van der Waals surface area contributed by atoms with Gasteiger partial charge in [0.2, 0.25) is 0 Å². The first-order valence-corrected chi connectivity index (χ1v) is 6.82. The lowest BCUT2D eigenvalue weighted by molar-refractivity contribution is 0.612. The molecule has 1 aromatic heterocycles. The van der Waals surface area contributed by atoms with Crippen molar-refractivity contribution in [3.63, 3.8) is 0 Å². The van der Waals surface area contributed by atoms with E-state index in [9.17, 15) is 0 Å². The van der Waals surface area contributed by atoms with E-state index in [1.807, 2.05) is 22.9 Å². The molecule has 3 rings (SSSR count). The Kier molecular flexibility index (Phi) is 3.08. The van der Waals surface area contributed by atoms with Gasteiger partial charge in [-0.25, -0.2) is 9.67 Å². The highest BCUT2D eigenvalue weighted by Gasteiger charge is 2.29. The van der Waals surface area contributed by atoms with Gasteiger partial charge in [0.25, 0.3) is 0 Å². The number of hydrogen-bond acceptors (Lipinski definition) is 2. The first-order valence-electron chi connectivity index (χ1n) is 6.44. The second-order valence-corrected chi connectivity index (χ2v) is 5.22. The van der Waals surface area contributed by atoms with Crippen molar-refractivity contribution in [3.05, 3.63) is 46.5 Å². The molecule has 1 aromatic carbocycles. The lowest BCUT2D eigenvalue weighted by atomic mass is 10.1. The van der Waals surface area contributed by atoms with Crippen LogP contribution in [0.3, 0.4) is 0 Å². The van der Waals surface area contributed by atoms with E-state index in [0.717, 1.165) is 35.2 Å². The summed E-state index contributed by atoms with van der Waals surface area (Å²) in [6.45, 7) is 3.01. The zero-order chi connectivity index (χ0) is 12.5. The third kappa shape index (κ3) is 2.41. The maximum absolute atomic E-state index is 5.99. The van der Waals surface area contributed by atoms with Crippen LogP contribution in [-0.4, -0.2) is 14.8 Å². The summed E-state index contributed by atoms with van der Waals surface area (Å²) in [5, 5.41) is 5.35. The predicted molar refractivity (Wildman–Crippen MR) is 71.9 cm³/mol. The molecular formula is C14H16ClN3. The van der Waals surface area contributed by atoms with Gasteiger partial charge in [0.05, 0.1) is 0 Å². The highest BCUT2D eigenvalue weighted by atomic mass is 35.5. The summed E-state index contributed by atoms with van der Waals surface area (Å²) in [7, 11) is 0. The third-order valence-corrected chi connectivity index (χ3v) is 3.47. The van der Waals surface area contributed by atoms with Gasteiger partial charge in [0.1, 0.15) is 5.82 Å². The van der Waals surface area contributed by atoms with E-state index >= 15 is 0 Å². The maximum Gasteiger partial charge on any atom is 0.155 e. The van der Waals surface area contributed by atoms with Crippen LogP contribution in [0, 0.1) is 0 Å². The number of aromatic nitrogens is 3. The van der Waals surface area contributed by atoms with Crippen molar-refractivity contribution in [2.24, 2.45) is 0 Å². The molecule has 0 saturated heterocycles. The van der Waals surface area contributed by atoms with Crippen LogP contribution in [0.2, 0.25) is 5.02 Å². The molecule has 0 aliphatic heterocycles. The molecule has 0 spiro atoms. The Morgan fingerprint density at radius 1 is 1.39 bits per heavy atom. The van der Waals surface area contributed by atoms with Gasteiger partial charge < -0.3 is 0 Å². The molecule has 4 heteroatoms. The van der Waals surface area contributed by atoms with E-state index in [1.54, 1.807) is 0 Å². The SMILES string of the molecule is CCn1nc(Cc2cccc(Cl)c2)nc1C1CC1. The highest BCUT2D eigenvalue weighted by molar-refractivity contribution is 6.30. The first kappa shape index (κ1) is 11.7. The molecule has 0 atom stereocenters. The van der Waals surface area contributed by atoms with E-state index in [-0.39, 0.29) is 0 Å². The second kappa shape index (κ2) is 4.73. The van der Waals surface area contributed by atoms with Gasteiger partial charge in [0.15, 0.2) is 5.82 Å². The van der Waals surface area contributed by atoms with E-state index in [2.05, 4.69) is 23.1 Å². The lowest BCUT2D eigenvalue weighted by Crippen LogP contribution is -2.02. The fourth-order valence-corrected chi connectivity index (χ4v) is 2.40. The van der Waals surface area contributed by atoms with Crippen LogP contribution in [0.15, 0.2) is 24.3 Å². The van der Waals surface area contributed by atoms with Crippen LogP contribution >= 0.6 is 11.6 Å². The first-order chi connectivity index (χ1) is 8.76. The van der Waals surface area contributed by atoms with Gasteiger partial charge in [-0.3, -0.25) is 0 Å². The molecule has 1 aliphatic rings. The molecular weight excluding hydrogens is 246 g/mol. The van der Waals surface area contributed by atoms with Crippen LogP contribution in [0.4, 0.5) is 0 Å². The summed E-state index contributed by atoms with van der Waals surface area (Å²) >= 11 is 5.99. The summed E-state index contributed by atoms with van der Waals surface area (Å²) in [4.78, 5) is 4.68. The average Bonchev–Trinajstić information content (AvgIpc) is 3.11. The fourth-order valence-electron chi connectivity index (χ4n) is 2.18. The molecule has 1 fully saturated rings. The predicted octanol–water partition coefficient (Wildman–Crippen LogP) is 3.42. The lowest BCUT2D eigenvalue weighted by Gasteiger charge is -1.98. The fraction of sp³-hybridized carbons (Fsp3) is 0.429. The molecule has 1 saturated carbocycles. The Hall–Kier alpha value is -1.35. The minimum atomic E-state index is 0.644. The molecule has 0 radical (unpaired) electrons. The smallest absolute Gasteiger partial charge is 0.155 e. The molecule has 2 aromatic rings. The molecule has 0 bridgehead atoms. The van der Waals surface area contributed by atoms with Crippen LogP contribution < -0.4 is 0 Å². The van der Waals surface area contributed by atoms with Crippen molar-refractivity contribution in [2.75, 3.05) is 0 Å². The molecule has 1 heterocycles. The number of aryl methyl sites for hydroxylation is 1. The van der Waals surface area contributed by atoms with Crippen molar-refractivity contribution in [1.29, 1.82) is 0 Å². The molecule has 18 heavy (non-hydrogen) atoms. The van der Waals surface area contributed by atoms with Gasteiger partial charge >= 0.3 is 0 Å². The van der Waals surface area contributed by atoms with Gasteiger partial charge in [-0.15, -0.1) is 0 Å². The normalized spacial score (nSPS) is 15.0. The maximum atomic E-state index is 5.99. The molecule has 3 nitrogen and oxygen atoms in total. The second-order valence-electron chi connectivity index (χ2n) is 4.78. The Morgan fingerprint density at radius 3 is 2.89 bits per heavy atom. The summed E-state index contributed by atoms with van der Waals surface area (Å²) in [6.07, 6.45) is 3.28. The standard InChI is InChI=1S/C14H16ClN3/c1-2-18-14(11-6-7-11)16-13(17-18)9-10-4-3-5-12(15)8-10/h3-5,8,11H,2,6-7,9H2,1H3. The summed E-state index contributed by atoms with van der Waals surface area (Å²) in [6, 6.07) is 7.90. The Morgan fingerprint density at radius 2 is 2.22 bits per heavy atom. The topological polar surface area (TPSA) is 30.7 Å². The van der Waals surface area contributed by atoms with Crippen molar-refractivity contribution < 1.29 is 0 Å². The molecule has 1 aliphatic carbocycles. The number of halogens is 1. The number of rotatable bonds is 4. The quantitative estimate of drug-likeness (QED) is 0.844. The largest absolute Gasteiger partial charge is 0.250 e. The summed E-state index contributed by atoms with van der Waals surface area (Å²) in [5.41, 5.74) is 1.16. The summed E-state index contributed by atoms with van der Waals surface area (Å²) in [5.74, 6) is 2.71. The third-order valence-electron chi connectivity index (χ3n) is 3.24. The van der Waals surface area contributed by atoms with E-state index in [4.69, 9.17) is 11.6 Å². The monoisotopic (exact) mass is 261 g/mol. The number of nitrogens with zero attached hydrogens (tertiary/aromatic N) is 3. The Bertz CT molecular complexity index is 558. The van der Waals surface area contributed by atoms with Crippen LogP contribution in [0.1, 0.15) is 42.9 Å². The molecule has 94 valence electrons. The molecule has 0 unspecified atom stereocenters.